The summed E-state index contributed by atoms with van der Waals surface area (Å²) in [7, 11) is -3.59. The van der Waals surface area contributed by atoms with Gasteiger partial charge in [0.1, 0.15) is 5.75 Å². The van der Waals surface area contributed by atoms with Crippen molar-refractivity contribution in [3.05, 3.63) is 23.8 Å². The van der Waals surface area contributed by atoms with E-state index in [1.165, 1.54) is 0 Å². The van der Waals surface area contributed by atoms with E-state index in [2.05, 4.69) is 4.72 Å². The van der Waals surface area contributed by atoms with E-state index >= 15 is 0 Å². The van der Waals surface area contributed by atoms with Gasteiger partial charge in [0.15, 0.2) is 0 Å². The highest BCUT2D eigenvalue weighted by Gasteiger charge is 2.42. The first-order valence-corrected chi connectivity index (χ1v) is 8.65. The molecule has 1 fully saturated rings. The van der Waals surface area contributed by atoms with Gasteiger partial charge in [-0.15, -0.1) is 0 Å². The van der Waals surface area contributed by atoms with E-state index in [-0.39, 0.29) is 23.1 Å². The van der Waals surface area contributed by atoms with Crippen LogP contribution >= 0.6 is 0 Å². The second kappa shape index (κ2) is 5.57. The van der Waals surface area contributed by atoms with Gasteiger partial charge in [0, 0.05) is 19.1 Å². The Kier molecular flexibility index (Phi) is 3.92. The van der Waals surface area contributed by atoms with Crippen molar-refractivity contribution in [3.8, 4) is 5.75 Å². The number of nitrogens with one attached hydrogen (secondary N) is 1. The molecule has 3 atom stereocenters. The fourth-order valence-electron chi connectivity index (χ4n) is 2.77. The molecule has 1 aliphatic heterocycles. The number of hydrogen-bond acceptors (Lipinski definition) is 5. The number of nitrogens with two attached hydrogens (primary N) is 1. The van der Waals surface area contributed by atoms with Crippen LogP contribution in [0.25, 0.3) is 0 Å². The fraction of sp³-hybridized carbons (Fsp3) is 0.571. The van der Waals surface area contributed by atoms with Crippen molar-refractivity contribution in [3.63, 3.8) is 0 Å². The van der Waals surface area contributed by atoms with Gasteiger partial charge in [-0.05, 0) is 37.1 Å². The molecular weight excluding hydrogens is 292 g/mol. The molecule has 116 valence electrons. The van der Waals surface area contributed by atoms with Crippen LogP contribution in [0.2, 0.25) is 0 Å². The van der Waals surface area contributed by atoms with Crippen LogP contribution in [0.4, 0.5) is 0 Å². The molecule has 3 unspecified atom stereocenters. The maximum atomic E-state index is 12.5. The standard InChI is InChI=1S/C14H20N2O4S/c1-2-19-13-8-11(15)14(13)16-21(17,18)10-3-4-12-9(7-10)5-6-20-12/h3-4,7,11,13-14,16H,2,5-6,8,15H2,1H3. The molecule has 0 saturated heterocycles. The van der Waals surface area contributed by atoms with Gasteiger partial charge in [-0.3, -0.25) is 0 Å². The lowest BCUT2D eigenvalue weighted by Gasteiger charge is -2.42. The molecule has 1 aliphatic carbocycles. The van der Waals surface area contributed by atoms with Crippen molar-refractivity contribution in [2.45, 2.75) is 42.8 Å². The SMILES string of the molecule is CCOC1CC(N)C1NS(=O)(=O)c1ccc2c(c1)CCO2. The summed E-state index contributed by atoms with van der Waals surface area (Å²) in [6.45, 7) is 3.04. The van der Waals surface area contributed by atoms with Crippen LogP contribution in [0.3, 0.4) is 0 Å². The minimum absolute atomic E-state index is 0.141. The number of hydrogen-bond donors (Lipinski definition) is 2. The smallest absolute Gasteiger partial charge is 0.240 e. The zero-order valence-electron chi connectivity index (χ0n) is 11.9. The van der Waals surface area contributed by atoms with Crippen LogP contribution in [0.1, 0.15) is 18.9 Å². The van der Waals surface area contributed by atoms with Crippen molar-refractivity contribution in [2.24, 2.45) is 5.73 Å². The molecule has 0 spiro atoms. The van der Waals surface area contributed by atoms with Crippen LogP contribution in [-0.4, -0.2) is 39.8 Å². The Morgan fingerprint density at radius 3 is 3.00 bits per heavy atom. The first-order chi connectivity index (χ1) is 10.0. The number of sulfonamides is 1. The molecule has 1 saturated carbocycles. The van der Waals surface area contributed by atoms with Crippen molar-refractivity contribution in [1.29, 1.82) is 0 Å². The number of ether oxygens (including phenoxy) is 2. The molecule has 0 bridgehead atoms. The molecule has 0 radical (unpaired) electrons. The molecule has 2 aliphatic rings. The van der Waals surface area contributed by atoms with Gasteiger partial charge < -0.3 is 15.2 Å². The Hall–Kier alpha value is -1.15. The van der Waals surface area contributed by atoms with E-state index in [9.17, 15) is 8.42 Å². The monoisotopic (exact) mass is 312 g/mol. The summed E-state index contributed by atoms with van der Waals surface area (Å²) >= 11 is 0. The molecule has 7 heteroatoms. The minimum Gasteiger partial charge on any atom is -0.493 e. The predicted molar refractivity (Wildman–Crippen MR) is 77.8 cm³/mol. The lowest BCUT2D eigenvalue weighted by Crippen LogP contribution is -2.64. The molecule has 6 nitrogen and oxygen atoms in total. The molecule has 21 heavy (non-hydrogen) atoms. The van der Waals surface area contributed by atoms with Crippen molar-refractivity contribution >= 4 is 10.0 Å². The zero-order chi connectivity index (χ0) is 15.0. The Balaban J connectivity index is 1.77. The van der Waals surface area contributed by atoms with Gasteiger partial charge in [0.2, 0.25) is 10.0 Å². The first kappa shape index (κ1) is 14.8. The predicted octanol–water partition coefficient (Wildman–Crippen LogP) is 0.404. The van der Waals surface area contributed by atoms with Crippen molar-refractivity contribution in [1.82, 2.24) is 4.72 Å². The summed E-state index contributed by atoms with van der Waals surface area (Å²) in [6, 6.07) is 4.38. The van der Waals surface area contributed by atoms with E-state index in [0.717, 1.165) is 17.7 Å². The van der Waals surface area contributed by atoms with Crippen LogP contribution in [-0.2, 0) is 21.2 Å². The number of fused-ring (bicyclic) bond motifs is 1. The lowest BCUT2D eigenvalue weighted by molar-refractivity contribution is -0.0248. The van der Waals surface area contributed by atoms with E-state index in [1.54, 1.807) is 18.2 Å². The average Bonchev–Trinajstić information content (AvgIpc) is 2.92. The van der Waals surface area contributed by atoms with E-state index in [0.29, 0.717) is 19.6 Å². The van der Waals surface area contributed by atoms with Crippen molar-refractivity contribution in [2.75, 3.05) is 13.2 Å². The number of rotatable bonds is 5. The summed E-state index contributed by atoms with van der Waals surface area (Å²) in [4.78, 5) is 0.251. The average molecular weight is 312 g/mol. The van der Waals surface area contributed by atoms with Crippen LogP contribution in [0, 0.1) is 0 Å². The molecule has 1 aromatic carbocycles. The van der Waals surface area contributed by atoms with Crippen LogP contribution < -0.4 is 15.2 Å². The third-order valence-corrected chi connectivity index (χ3v) is 5.47. The first-order valence-electron chi connectivity index (χ1n) is 7.16. The molecule has 3 N–H and O–H groups in total. The molecule has 0 amide bonds. The highest BCUT2D eigenvalue weighted by Crippen LogP contribution is 2.29. The van der Waals surface area contributed by atoms with E-state index < -0.39 is 10.0 Å². The quantitative estimate of drug-likeness (QED) is 0.821. The van der Waals surface area contributed by atoms with Crippen molar-refractivity contribution < 1.29 is 17.9 Å². The Labute approximate surface area is 124 Å². The summed E-state index contributed by atoms with van der Waals surface area (Å²) in [5.74, 6) is 0.765. The second-order valence-electron chi connectivity index (χ2n) is 5.41. The van der Waals surface area contributed by atoms with Gasteiger partial charge in [0.05, 0.1) is 23.6 Å². The van der Waals surface area contributed by atoms with Gasteiger partial charge in [-0.2, -0.15) is 0 Å². The van der Waals surface area contributed by atoms with Gasteiger partial charge >= 0.3 is 0 Å². The largest absolute Gasteiger partial charge is 0.493 e. The molecular formula is C14H20N2O4S. The molecule has 1 aromatic rings. The summed E-state index contributed by atoms with van der Waals surface area (Å²) in [6.07, 6.45) is 1.28. The zero-order valence-corrected chi connectivity index (χ0v) is 12.7. The lowest BCUT2D eigenvalue weighted by atomic mass is 9.84. The third kappa shape index (κ3) is 2.78. The maximum absolute atomic E-state index is 12.5. The van der Waals surface area contributed by atoms with Gasteiger partial charge in [-0.1, -0.05) is 0 Å². The third-order valence-electron chi connectivity index (χ3n) is 4.01. The molecule has 0 aromatic heterocycles. The summed E-state index contributed by atoms with van der Waals surface area (Å²) < 4.78 is 38.5. The molecule has 1 heterocycles. The van der Waals surface area contributed by atoms with Gasteiger partial charge in [-0.25, -0.2) is 13.1 Å². The fourth-order valence-corrected chi connectivity index (χ4v) is 4.13. The van der Waals surface area contributed by atoms with Gasteiger partial charge in [0.25, 0.3) is 0 Å². The van der Waals surface area contributed by atoms with Crippen LogP contribution in [0.5, 0.6) is 5.75 Å². The Bertz CT molecular complexity index is 630. The second-order valence-corrected chi connectivity index (χ2v) is 7.12. The van der Waals surface area contributed by atoms with E-state index in [4.69, 9.17) is 15.2 Å². The highest BCUT2D eigenvalue weighted by molar-refractivity contribution is 7.89. The Morgan fingerprint density at radius 1 is 1.48 bits per heavy atom. The highest BCUT2D eigenvalue weighted by atomic mass is 32.2. The minimum atomic E-state index is -3.59. The summed E-state index contributed by atoms with van der Waals surface area (Å²) in [5, 5.41) is 0. The molecule has 3 rings (SSSR count). The Morgan fingerprint density at radius 2 is 2.29 bits per heavy atom. The normalized spacial score (nSPS) is 27.8. The number of benzene rings is 1. The topological polar surface area (TPSA) is 90.6 Å². The summed E-state index contributed by atoms with van der Waals surface area (Å²) in [5.41, 5.74) is 6.82. The maximum Gasteiger partial charge on any atom is 0.240 e. The van der Waals surface area contributed by atoms with Crippen LogP contribution in [0.15, 0.2) is 23.1 Å². The van der Waals surface area contributed by atoms with E-state index in [1.807, 2.05) is 6.92 Å².